The number of rotatable bonds is 5. The lowest BCUT2D eigenvalue weighted by molar-refractivity contribution is 0.210. The van der Waals surface area contributed by atoms with Crippen LogP contribution < -0.4 is 10.1 Å². The second-order valence-electron chi connectivity index (χ2n) is 4.98. The highest BCUT2D eigenvalue weighted by Gasteiger charge is 2.16. The summed E-state index contributed by atoms with van der Waals surface area (Å²) in [7, 11) is 0. The Morgan fingerprint density at radius 1 is 1.21 bits per heavy atom. The van der Waals surface area contributed by atoms with Crippen LogP contribution in [-0.2, 0) is 6.54 Å². The average Bonchev–Trinajstić information content (AvgIpc) is 3.11. The van der Waals surface area contributed by atoms with Gasteiger partial charge < -0.3 is 15.0 Å². The van der Waals surface area contributed by atoms with Gasteiger partial charge in [0.1, 0.15) is 5.75 Å². The third-order valence-electron chi connectivity index (χ3n) is 3.50. The second kappa shape index (κ2) is 5.78. The Morgan fingerprint density at radius 3 is 2.68 bits per heavy atom. The quantitative estimate of drug-likeness (QED) is 0.863. The fraction of sp³-hybridized carbons (Fsp3) is 0.400. The lowest BCUT2D eigenvalue weighted by Crippen LogP contribution is -2.10. The Bertz CT molecular complexity index is 487. The van der Waals surface area contributed by atoms with E-state index in [4.69, 9.17) is 4.74 Å². The van der Waals surface area contributed by atoms with Crippen LogP contribution in [0.5, 0.6) is 5.75 Å². The fourth-order valence-electron chi connectivity index (χ4n) is 2.43. The first-order valence-corrected chi connectivity index (χ1v) is 6.88. The monoisotopic (exact) mass is 257 g/mol. The van der Waals surface area contributed by atoms with Gasteiger partial charge in [0.25, 0.3) is 0 Å². The van der Waals surface area contributed by atoms with Crippen LogP contribution in [0.15, 0.2) is 36.8 Å². The number of aromatic nitrogens is 2. The summed E-state index contributed by atoms with van der Waals surface area (Å²) in [6.07, 6.45) is 8.92. The summed E-state index contributed by atoms with van der Waals surface area (Å²) in [6.45, 7) is 0.753. The molecule has 100 valence electrons. The smallest absolute Gasteiger partial charge is 0.119 e. The maximum absolute atomic E-state index is 5.94. The molecule has 0 atom stereocenters. The Morgan fingerprint density at radius 2 is 2.00 bits per heavy atom. The van der Waals surface area contributed by atoms with Crippen molar-refractivity contribution in [3.05, 3.63) is 42.5 Å². The van der Waals surface area contributed by atoms with Crippen LogP contribution in [0.4, 0.5) is 5.69 Å². The van der Waals surface area contributed by atoms with Crippen molar-refractivity contribution in [2.75, 3.05) is 5.32 Å². The molecule has 0 unspecified atom stereocenters. The predicted octanol–water partition coefficient (Wildman–Crippen LogP) is 3.34. The molecule has 0 saturated heterocycles. The van der Waals surface area contributed by atoms with E-state index >= 15 is 0 Å². The van der Waals surface area contributed by atoms with Crippen LogP contribution >= 0.6 is 0 Å². The molecule has 0 spiro atoms. The van der Waals surface area contributed by atoms with Gasteiger partial charge in [-0.1, -0.05) is 0 Å². The summed E-state index contributed by atoms with van der Waals surface area (Å²) in [6, 6.07) is 8.18. The lowest BCUT2D eigenvalue weighted by Gasteiger charge is -2.13. The molecule has 1 saturated carbocycles. The van der Waals surface area contributed by atoms with E-state index in [9.17, 15) is 0 Å². The van der Waals surface area contributed by atoms with E-state index in [1.165, 1.54) is 25.7 Å². The number of hydrogen-bond acceptors (Lipinski definition) is 3. The molecule has 19 heavy (non-hydrogen) atoms. The van der Waals surface area contributed by atoms with E-state index < -0.39 is 0 Å². The van der Waals surface area contributed by atoms with Gasteiger partial charge in [0.2, 0.25) is 0 Å². The number of benzene rings is 1. The SMILES string of the molecule is c1ncc(CNc2ccc(OC3CCCC3)cc2)[nH]1. The third-order valence-corrected chi connectivity index (χ3v) is 3.50. The Balaban J connectivity index is 1.53. The van der Waals surface area contributed by atoms with Crippen molar-refractivity contribution in [2.24, 2.45) is 0 Å². The van der Waals surface area contributed by atoms with E-state index in [1.54, 1.807) is 6.33 Å². The molecule has 3 rings (SSSR count). The lowest BCUT2D eigenvalue weighted by atomic mass is 10.2. The van der Waals surface area contributed by atoms with Crippen LogP contribution in [-0.4, -0.2) is 16.1 Å². The van der Waals surface area contributed by atoms with Gasteiger partial charge in [-0.2, -0.15) is 0 Å². The average molecular weight is 257 g/mol. The van der Waals surface area contributed by atoms with E-state index in [0.29, 0.717) is 6.10 Å². The van der Waals surface area contributed by atoms with E-state index in [0.717, 1.165) is 23.7 Å². The molecule has 1 aromatic heterocycles. The summed E-state index contributed by atoms with van der Waals surface area (Å²) < 4.78 is 5.94. The first-order valence-electron chi connectivity index (χ1n) is 6.88. The largest absolute Gasteiger partial charge is 0.490 e. The minimum absolute atomic E-state index is 0.420. The van der Waals surface area contributed by atoms with Gasteiger partial charge in [-0.15, -0.1) is 0 Å². The summed E-state index contributed by atoms with van der Waals surface area (Å²) in [5, 5.41) is 3.34. The minimum Gasteiger partial charge on any atom is -0.490 e. The van der Waals surface area contributed by atoms with Crippen molar-refractivity contribution < 1.29 is 4.74 Å². The molecule has 1 heterocycles. The molecule has 0 bridgehead atoms. The normalized spacial score (nSPS) is 15.6. The molecule has 2 aromatic rings. The molecular formula is C15H19N3O. The topological polar surface area (TPSA) is 49.9 Å². The number of H-pyrrole nitrogens is 1. The summed E-state index contributed by atoms with van der Waals surface area (Å²) in [4.78, 5) is 7.06. The summed E-state index contributed by atoms with van der Waals surface area (Å²) >= 11 is 0. The highest BCUT2D eigenvalue weighted by molar-refractivity contribution is 5.46. The Kier molecular flexibility index (Phi) is 3.68. The van der Waals surface area contributed by atoms with Gasteiger partial charge in [-0.3, -0.25) is 0 Å². The van der Waals surface area contributed by atoms with Gasteiger partial charge in [-0.25, -0.2) is 4.98 Å². The van der Waals surface area contributed by atoms with Crippen LogP contribution in [0, 0.1) is 0 Å². The van der Waals surface area contributed by atoms with Crippen LogP contribution in [0.25, 0.3) is 0 Å². The first kappa shape index (κ1) is 12.1. The van der Waals surface area contributed by atoms with E-state index in [1.807, 2.05) is 18.3 Å². The zero-order chi connectivity index (χ0) is 12.9. The summed E-state index contributed by atoms with van der Waals surface area (Å²) in [5.41, 5.74) is 2.17. The molecule has 0 radical (unpaired) electrons. The zero-order valence-electron chi connectivity index (χ0n) is 10.9. The van der Waals surface area contributed by atoms with Crippen LogP contribution in [0.2, 0.25) is 0 Å². The molecule has 2 N–H and O–H groups in total. The number of aromatic amines is 1. The molecular weight excluding hydrogens is 238 g/mol. The third kappa shape index (κ3) is 3.28. The molecule has 4 nitrogen and oxygen atoms in total. The van der Waals surface area contributed by atoms with Crippen LogP contribution in [0.3, 0.4) is 0 Å². The summed E-state index contributed by atoms with van der Waals surface area (Å²) in [5.74, 6) is 0.971. The molecule has 4 heteroatoms. The van der Waals surface area contributed by atoms with Gasteiger partial charge >= 0.3 is 0 Å². The van der Waals surface area contributed by atoms with Gasteiger partial charge in [0.15, 0.2) is 0 Å². The number of nitrogens with one attached hydrogen (secondary N) is 2. The standard InChI is InChI=1S/C15H19N3O/c1-2-4-14(3-1)19-15-7-5-12(6-8-15)17-10-13-9-16-11-18-13/h5-9,11,14,17H,1-4,10H2,(H,16,18). The molecule has 0 amide bonds. The van der Waals surface area contributed by atoms with E-state index in [2.05, 4.69) is 27.4 Å². The highest BCUT2D eigenvalue weighted by Crippen LogP contribution is 2.25. The van der Waals surface area contributed by atoms with Crippen molar-refractivity contribution in [3.8, 4) is 5.75 Å². The van der Waals surface area contributed by atoms with Gasteiger partial charge in [0, 0.05) is 11.9 Å². The van der Waals surface area contributed by atoms with Crippen molar-refractivity contribution in [2.45, 2.75) is 38.3 Å². The van der Waals surface area contributed by atoms with E-state index in [-0.39, 0.29) is 0 Å². The Hall–Kier alpha value is -1.97. The van der Waals surface area contributed by atoms with Gasteiger partial charge in [-0.05, 0) is 49.9 Å². The number of nitrogens with zero attached hydrogens (tertiary/aromatic N) is 1. The Labute approximate surface area is 113 Å². The predicted molar refractivity (Wildman–Crippen MR) is 75.2 cm³/mol. The maximum Gasteiger partial charge on any atom is 0.119 e. The molecule has 1 fully saturated rings. The van der Waals surface area contributed by atoms with Crippen molar-refractivity contribution in [1.29, 1.82) is 0 Å². The van der Waals surface area contributed by atoms with Gasteiger partial charge in [0.05, 0.1) is 24.7 Å². The van der Waals surface area contributed by atoms with Crippen molar-refractivity contribution in [3.63, 3.8) is 0 Å². The number of imidazole rings is 1. The molecule has 1 aliphatic carbocycles. The minimum atomic E-state index is 0.420. The van der Waals surface area contributed by atoms with Crippen molar-refractivity contribution in [1.82, 2.24) is 9.97 Å². The van der Waals surface area contributed by atoms with Crippen LogP contribution in [0.1, 0.15) is 31.4 Å². The highest BCUT2D eigenvalue weighted by atomic mass is 16.5. The number of ether oxygens (including phenoxy) is 1. The number of hydrogen-bond donors (Lipinski definition) is 2. The maximum atomic E-state index is 5.94. The molecule has 1 aliphatic rings. The number of anilines is 1. The second-order valence-corrected chi connectivity index (χ2v) is 4.98. The first-order chi connectivity index (χ1) is 9.40. The van der Waals surface area contributed by atoms with Crippen molar-refractivity contribution >= 4 is 5.69 Å². The molecule has 1 aromatic carbocycles. The zero-order valence-corrected chi connectivity index (χ0v) is 10.9. The molecule has 0 aliphatic heterocycles. The fourth-order valence-corrected chi connectivity index (χ4v) is 2.43.